The van der Waals surface area contributed by atoms with Crippen molar-refractivity contribution in [1.29, 1.82) is 0 Å². The lowest BCUT2D eigenvalue weighted by molar-refractivity contribution is -0.131. The van der Waals surface area contributed by atoms with Gasteiger partial charge in [-0.2, -0.15) is 0 Å². The first-order valence-corrected chi connectivity index (χ1v) is 6.93. The van der Waals surface area contributed by atoms with Crippen LogP contribution in [0.4, 0.5) is 0 Å². The second kappa shape index (κ2) is 5.36. The molecule has 0 aromatic carbocycles. The molecule has 0 radical (unpaired) electrons. The van der Waals surface area contributed by atoms with Gasteiger partial charge >= 0.3 is 0 Å². The van der Waals surface area contributed by atoms with Gasteiger partial charge in [0.25, 0.3) is 0 Å². The van der Waals surface area contributed by atoms with Crippen LogP contribution in [0.2, 0.25) is 0 Å². The van der Waals surface area contributed by atoms with E-state index >= 15 is 0 Å². The molecule has 0 atom stereocenters. The fourth-order valence-corrected chi connectivity index (χ4v) is 3.18. The molecule has 0 saturated heterocycles. The molecule has 0 unspecified atom stereocenters. The molecular formula is C13H25N3O. The molecule has 5 N–H and O–H groups in total. The van der Waals surface area contributed by atoms with Gasteiger partial charge < -0.3 is 16.8 Å². The van der Waals surface area contributed by atoms with Crippen molar-refractivity contribution >= 4 is 5.91 Å². The summed E-state index contributed by atoms with van der Waals surface area (Å²) in [6.45, 7) is 0.491. The summed E-state index contributed by atoms with van der Waals surface area (Å²) in [5.41, 5.74) is 11.4. The molecule has 0 aliphatic heterocycles. The molecule has 0 spiro atoms. The first-order chi connectivity index (χ1) is 8.16. The van der Waals surface area contributed by atoms with E-state index in [4.69, 9.17) is 11.5 Å². The minimum atomic E-state index is -0.264. The first kappa shape index (κ1) is 12.8. The monoisotopic (exact) mass is 239 g/mol. The third-order valence-corrected chi connectivity index (χ3v) is 4.54. The van der Waals surface area contributed by atoms with E-state index in [-0.39, 0.29) is 11.3 Å². The summed E-state index contributed by atoms with van der Waals surface area (Å²) in [6, 6.07) is 0.657. The molecule has 2 saturated carbocycles. The third kappa shape index (κ3) is 2.80. The number of carbonyl (C=O) groups is 1. The van der Waals surface area contributed by atoms with Crippen LogP contribution >= 0.6 is 0 Å². The highest BCUT2D eigenvalue weighted by Gasteiger charge is 2.40. The summed E-state index contributed by atoms with van der Waals surface area (Å²) in [7, 11) is 0. The van der Waals surface area contributed by atoms with Crippen LogP contribution in [-0.2, 0) is 4.79 Å². The van der Waals surface area contributed by atoms with Gasteiger partial charge in [0.1, 0.15) is 0 Å². The molecular weight excluding hydrogens is 214 g/mol. The number of amides is 1. The molecule has 98 valence electrons. The fraction of sp³-hybridized carbons (Fsp3) is 0.923. The SMILES string of the molecule is NCC1(C(=O)NC2CCC(N)CC2)CCCC1. The van der Waals surface area contributed by atoms with Gasteiger partial charge in [-0.1, -0.05) is 12.8 Å². The highest BCUT2D eigenvalue weighted by Crippen LogP contribution is 2.37. The summed E-state index contributed by atoms with van der Waals surface area (Å²) in [5.74, 6) is 0.193. The summed E-state index contributed by atoms with van der Waals surface area (Å²) in [6.07, 6.45) is 8.30. The lowest BCUT2D eigenvalue weighted by atomic mass is 9.84. The van der Waals surface area contributed by atoms with Gasteiger partial charge in [0, 0.05) is 18.6 Å². The Balaban J connectivity index is 1.87. The van der Waals surface area contributed by atoms with Crippen molar-refractivity contribution in [2.45, 2.75) is 63.5 Å². The van der Waals surface area contributed by atoms with Crippen molar-refractivity contribution in [3.05, 3.63) is 0 Å². The zero-order valence-electron chi connectivity index (χ0n) is 10.6. The molecule has 2 fully saturated rings. The van der Waals surface area contributed by atoms with Crippen LogP contribution in [0.15, 0.2) is 0 Å². The number of hydrogen-bond acceptors (Lipinski definition) is 3. The predicted octanol–water partition coefficient (Wildman–Crippen LogP) is 0.892. The second-order valence-electron chi connectivity index (χ2n) is 5.78. The van der Waals surface area contributed by atoms with Crippen LogP contribution in [0.25, 0.3) is 0 Å². The maximum Gasteiger partial charge on any atom is 0.227 e. The van der Waals surface area contributed by atoms with Crippen molar-refractivity contribution in [2.24, 2.45) is 16.9 Å². The molecule has 1 amide bonds. The van der Waals surface area contributed by atoms with E-state index in [0.717, 1.165) is 51.4 Å². The van der Waals surface area contributed by atoms with E-state index in [1.807, 2.05) is 0 Å². The first-order valence-electron chi connectivity index (χ1n) is 6.93. The van der Waals surface area contributed by atoms with Gasteiger partial charge in [0.05, 0.1) is 5.41 Å². The van der Waals surface area contributed by atoms with Crippen molar-refractivity contribution in [3.63, 3.8) is 0 Å². The van der Waals surface area contributed by atoms with Crippen LogP contribution in [0.1, 0.15) is 51.4 Å². The maximum atomic E-state index is 12.3. The van der Waals surface area contributed by atoms with E-state index in [1.165, 1.54) is 0 Å². The Hall–Kier alpha value is -0.610. The quantitative estimate of drug-likeness (QED) is 0.684. The average molecular weight is 239 g/mol. The Bertz CT molecular complexity index is 266. The Morgan fingerprint density at radius 3 is 2.29 bits per heavy atom. The van der Waals surface area contributed by atoms with Crippen molar-refractivity contribution in [1.82, 2.24) is 5.32 Å². The molecule has 0 bridgehead atoms. The van der Waals surface area contributed by atoms with Crippen LogP contribution < -0.4 is 16.8 Å². The zero-order valence-corrected chi connectivity index (χ0v) is 10.6. The van der Waals surface area contributed by atoms with Gasteiger partial charge in [0.15, 0.2) is 0 Å². The van der Waals surface area contributed by atoms with Gasteiger partial charge in [0.2, 0.25) is 5.91 Å². The van der Waals surface area contributed by atoms with Crippen molar-refractivity contribution in [3.8, 4) is 0 Å². The van der Waals surface area contributed by atoms with Crippen LogP contribution in [0.3, 0.4) is 0 Å². The molecule has 4 nitrogen and oxygen atoms in total. The Kier molecular flexibility index (Phi) is 4.05. The minimum Gasteiger partial charge on any atom is -0.353 e. The number of carbonyl (C=O) groups excluding carboxylic acids is 1. The van der Waals surface area contributed by atoms with E-state index < -0.39 is 0 Å². The largest absolute Gasteiger partial charge is 0.353 e. The third-order valence-electron chi connectivity index (χ3n) is 4.54. The van der Waals surface area contributed by atoms with Crippen LogP contribution in [0.5, 0.6) is 0 Å². The molecule has 0 aromatic heterocycles. The highest BCUT2D eigenvalue weighted by atomic mass is 16.2. The van der Waals surface area contributed by atoms with Crippen molar-refractivity contribution < 1.29 is 4.79 Å². The summed E-state index contributed by atoms with van der Waals surface area (Å²) >= 11 is 0. The molecule has 4 heteroatoms. The topological polar surface area (TPSA) is 81.1 Å². The number of hydrogen-bond donors (Lipinski definition) is 3. The molecule has 17 heavy (non-hydrogen) atoms. The molecule has 0 heterocycles. The standard InChI is InChI=1S/C13H25N3O/c14-9-13(7-1-2-8-13)12(17)16-11-5-3-10(15)4-6-11/h10-11H,1-9,14-15H2,(H,16,17). The zero-order chi connectivity index (χ0) is 12.3. The Morgan fingerprint density at radius 1 is 1.18 bits per heavy atom. The predicted molar refractivity (Wildman–Crippen MR) is 68.3 cm³/mol. The minimum absolute atomic E-state index is 0.193. The second-order valence-corrected chi connectivity index (χ2v) is 5.78. The molecule has 2 rings (SSSR count). The normalized spacial score (nSPS) is 32.4. The summed E-state index contributed by atoms with van der Waals surface area (Å²) < 4.78 is 0. The van der Waals surface area contributed by atoms with E-state index in [9.17, 15) is 4.79 Å². The number of rotatable bonds is 3. The van der Waals surface area contributed by atoms with Gasteiger partial charge in [-0.05, 0) is 38.5 Å². The summed E-state index contributed by atoms with van der Waals surface area (Å²) in [5, 5.41) is 3.20. The smallest absolute Gasteiger partial charge is 0.227 e. The van der Waals surface area contributed by atoms with E-state index in [2.05, 4.69) is 5.32 Å². The Morgan fingerprint density at radius 2 is 1.76 bits per heavy atom. The van der Waals surface area contributed by atoms with Gasteiger partial charge in [-0.3, -0.25) is 4.79 Å². The molecule has 0 aromatic rings. The molecule has 2 aliphatic carbocycles. The lowest BCUT2D eigenvalue weighted by Crippen LogP contribution is -2.49. The average Bonchev–Trinajstić information content (AvgIpc) is 2.82. The molecule has 2 aliphatic rings. The van der Waals surface area contributed by atoms with Crippen LogP contribution in [-0.4, -0.2) is 24.5 Å². The highest BCUT2D eigenvalue weighted by molar-refractivity contribution is 5.83. The number of nitrogens with two attached hydrogens (primary N) is 2. The number of nitrogens with one attached hydrogen (secondary N) is 1. The van der Waals surface area contributed by atoms with Crippen molar-refractivity contribution in [2.75, 3.05) is 6.54 Å². The fourth-order valence-electron chi connectivity index (χ4n) is 3.18. The van der Waals surface area contributed by atoms with E-state index in [0.29, 0.717) is 18.6 Å². The maximum absolute atomic E-state index is 12.3. The lowest BCUT2D eigenvalue weighted by Gasteiger charge is -2.32. The Labute approximate surface area is 103 Å². The van der Waals surface area contributed by atoms with Gasteiger partial charge in [-0.15, -0.1) is 0 Å². The van der Waals surface area contributed by atoms with Crippen LogP contribution in [0, 0.1) is 5.41 Å². The summed E-state index contributed by atoms with van der Waals surface area (Å²) in [4.78, 5) is 12.3. The van der Waals surface area contributed by atoms with Gasteiger partial charge in [-0.25, -0.2) is 0 Å². The van der Waals surface area contributed by atoms with E-state index in [1.54, 1.807) is 0 Å².